The Morgan fingerprint density at radius 3 is 2.65 bits per heavy atom. The predicted octanol–water partition coefficient (Wildman–Crippen LogP) is 1.37. The molecule has 0 atom stereocenters. The molecule has 0 aliphatic carbocycles. The average molecular weight is 276 g/mol. The zero-order valence-electron chi connectivity index (χ0n) is 12.1. The van der Waals surface area contributed by atoms with Gasteiger partial charge in [0.2, 0.25) is 5.91 Å². The Morgan fingerprint density at radius 2 is 2.00 bits per heavy atom. The number of fused-ring (bicyclic) bond motifs is 1. The van der Waals surface area contributed by atoms with E-state index < -0.39 is 11.5 Å². The van der Waals surface area contributed by atoms with Crippen LogP contribution in [0.4, 0.5) is 5.69 Å². The van der Waals surface area contributed by atoms with Gasteiger partial charge in [-0.3, -0.25) is 4.79 Å². The van der Waals surface area contributed by atoms with Crippen molar-refractivity contribution < 1.29 is 14.7 Å². The quantitative estimate of drug-likeness (QED) is 0.902. The number of hydrogen-bond acceptors (Lipinski definition) is 3. The first-order chi connectivity index (χ1) is 9.34. The molecule has 1 aromatic rings. The lowest BCUT2D eigenvalue weighted by Gasteiger charge is -2.33. The van der Waals surface area contributed by atoms with Crippen LogP contribution in [0.1, 0.15) is 19.4 Å². The minimum atomic E-state index is -1.20. The molecule has 1 aromatic carbocycles. The van der Waals surface area contributed by atoms with Crippen molar-refractivity contribution in [3.05, 3.63) is 29.8 Å². The number of amides is 1. The summed E-state index contributed by atoms with van der Waals surface area (Å²) < 4.78 is 0. The number of carbonyl (C=O) groups is 2. The van der Waals surface area contributed by atoms with Crippen molar-refractivity contribution in [2.45, 2.75) is 25.8 Å². The molecule has 1 N–H and O–H groups in total. The van der Waals surface area contributed by atoms with Crippen LogP contribution in [0, 0.1) is 0 Å². The van der Waals surface area contributed by atoms with Crippen molar-refractivity contribution in [2.75, 3.05) is 25.0 Å². The van der Waals surface area contributed by atoms with E-state index in [9.17, 15) is 14.7 Å². The molecule has 2 rings (SSSR count). The second-order valence-corrected chi connectivity index (χ2v) is 5.62. The molecule has 1 aliphatic rings. The number of rotatable bonds is 4. The minimum absolute atomic E-state index is 0.186. The number of para-hydroxylation sites is 1. The second kappa shape index (κ2) is 5.15. The summed E-state index contributed by atoms with van der Waals surface area (Å²) in [6.07, 6.45) is 0.926. The van der Waals surface area contributed by atoms with Gasteiger partial charge in [0, 0.05) is 19.3 Å². The molecule has 0 unspecified atom stereocenters. The van der Waals surface area contributed by atoms with Crippen LogP contribution < -0.4 is 4.90 Å². The maximum absolute atomic E-state index is 12.3. The number of aliphatic carboxylic acids is 1. The number of anilines is 1. The molecule has 5 heteroatoms. The van der Waals surface area contributed by atoms with Gasteiger partial charge in [0.1, 0.15) is 5.54 Å². The summed E-state index contributed by atoms with van der Waals surface area (Å²) in [5.41, 5.74) is 1.11. The zero-order valence-corrected chi connectivity index (χ0v) is 12.1. The van der Waals surface area contributed by atoms with E-state index in [0.717, 1.165) is 18.7 Å². The molecule has 0 fully saturated rings. The third-order valence-corrected chi connectivity index (χ3v) is 4.05. The number of benzene rings is 1. The molecule has 0 bridgehead atoms. The fraction of sp³-hybridized carbons (Fsp3) is 0.467. The standard InChI is InChI=1S/C15H20N2O3/c1-15(2,14(19)20)16(3)13(18)10-17-9-8-11-6-4-5-7-12(11)17/h4-7H,8-10H2,1-3H3,(H,19,20). The molecule has 108 valence electrons. The monoisotopic (exact) mass is 276 g/mol. The maximum atomic E-state index is 12.3. The number of nitrogens with zero attached hydrogens (tertiary/aromatic N) is 2. The number of hydrogen-bond donors (Lipinski definition) is 1. The van der Waals surface area contributed by atoms with E-state index in [-0.39, 0.29) is 12.5 Å². The summed E-state index contributed by atoms with van der Waals surface area (Å²) in [5, 5.41) is 9.17. The lowest BCUT2D eigenvalue weighted by atomic mass is 10.0. The van der Waals surface area contributed by atoms with Crippen LogP contribution in [-0.4, -0.2) is 47.6 Å². The minimum Gasteiger partial charge on any atom is -0.480 e. The van der Waals surface area contributed by atoms with Gasteiger partial charge in [0.25, 0.3) is 0 Å². The third-order valence-electron chi connectivity index (χ3n) is 4.05. The van der Waals surface area contributed by atoms with E-state index in [4.69, 9.17) is 0 Å². The van der Waals surface area contributed by atoms with E-state index in [1.54, 1.807) is 7.05 Å². The molecular weight excluding hydrogens is 256 g/mol. The van der Waals surface area contributed by atoms with E-state index in [1.807, 2.05) is 23.1 Å². The largest absolute Gasteiger partial charge is 0.480 e. The van der Waals surface area contributed by atoms with E-state index >= 15 is 0 Å². The van der Waals surface area contributed by atoms with Gasteiger partial charge in [-0.05, 0) is 31.9 Å². The van der Waals surface area contributed by atoms with E-state index in [1.165, 1.54) is 24.3 Å². The first kappa shape index (κ1) is 14.4. The molecule has 0 radical (unpaired) electrons. The fourth-order valence-corrected chi connectivity index (χ4v) is 2.30. The van der Waals surface area contributed by atoms with Crippen LogP contribution in [0.15, 0.2) is 24.3 Å². The summed E-state index contributed by atoms with van der Waals surface area (Å²) >= 11 is 0. The Labute approximate surface area is 118 Å². The number of likely N-dealkylation sites (N-methyl/N-ethyl adjacent to an activating group) is 1. The highest BCUT2D eigenvalue weighted by Gasteiger charge is 2.36. The summed E-state index contributed by atoms with van der Waals surface area (Å²) in [4.78, 5) is 26.8. The molecule has 20 heavy (non-hydrogen) atoms. The SMILES string of the molecule is CN(C(=O)CN1CCc2ccccc21)C(C)(C)C(=O)O. The van der Waals surface area contributed by atoms with Crippen molar-refractivity contribution in [2.24, 2.45) is 0 Å². The second-order valence-electron chi connectivity index (χ2n) is 5.62. The van der Waals surface area contributed by atoms with Crippen LogP contribution in [-0.2, 0) is 16.0 Å². The average Bonchev–Trinajstić information content (AvgIpc) is 2.81. The molecular formula is C15H20N2O3. The van der Waals surface area contributed by atoms with Crippen LogP contribution in [0.5, 0.6) is 0 Å². The molecule has 0 saturated carbocycles. The van der Waals surface area contributed by atoms with E-state index in [2.05, 4.69) is 6.07 Å². The first-order valence-electron chi connectivity index (χ1n) is 6.67. The molecule has 1 amide bonds. The number of carboxylic acids is 1. The summed E-state index contributed by atoms with van der Waals surface area (Å²) in [7, 11) is 1.54. The summed E-state index contributed by atoms with van der Waals surface area (Å²) in [6, 6.07) is 8.00. The van der Waals surface area contributed by atoms with Gasteiger partial charge in [-0.25, -0.2) is 4.79 Å². The molecule has 1 heterocycles. The predicted molar refractivity (Wildman–Crippen MR) is 76.8 cm³/mol. The molecule has 0 aromatic heterocycles. The normalized spacial score (nSPS) is 14.1. The van der Waals surface area contributed by atoms with Crippen molar-refractivity contribution in [1.29, 1.82) is 0 Å². The smallest absolute Gasteiger partial charge is 0.329 e. The highest BCUT2D eigenvalue weighted by molar-refractivity contribution is 5.88. The Kier molecular flexibility index (Phi) is 3.70. The lowest BCUT2D eigenvalue weighted by Crippen LogP contribution is -2.53. The zero-order chi connectivity index (χ0) is 14.9. The van der Waals surface area contributed by atoms with Crippen LogP contribution in [0.3, 0.4) is 0 Å². The van der Waals surface area contributed by atoms with Crippen molar-refractivity contribution in [1.82, 2.24) is 4.90 Å². The summed E-state index contributed by atoms with van der Waals surface area (Å²) in [6.45, 7) is 4.08. The molecule has 0 saturated heterocycles. The van der Waals surface area contributed by atoms with Crippen LogP contribution in [0.2, 0.25) is 0 Å². The molecule has 0 spiro atoms. The number of carboxylic acid groups (broad SMARTS) is 1. The molecule has 1 aliphatic heterocycles. The van der Waals surface area contributed by atoms with Gasteiger partial charge in [-0.2, -0.15) is 0 Å². The van der Waals surface area contributed by atoms with Gasteiger partial charge in [-0.15, -0.1) is 0 Å². The topological polar surface area (TPSA) is 60.9 Å². The van der Waals surface area contributed by atoms with Gasteiger partial charge in [0.05, 0.1) is 6.54 Å². The molecule has 5 nitrogen and oxygen atoms in total. The van der Waals surface area contributed by atoms with Gasteiger partial charge in [-0.1, -0.05) is 18.2 Å². The van der Waals surface area contributed by atoms with E-state index in [0.29, 0.717) is 0 Å². The highest BCUT2D eigenvalue weighted by Crippen LogP contribution is 2.27. The fourth-order valence-electron chi connectivity index (χ4n) is 2.30. The van der Waals surface area contributed by atoms with Crippen LogP contribution >= 0.6 is 0 Å². The van der Waals surface area contributed by atoms with Gasteiger partial charge >= 0.3 is 5.97 Å². The Morgan fingerprint density at radius 1 is 1.35 bits per heavy atom. The van der Waals surface area contributed by atoms with Gasteiger partial charge in [0.15, 0.2) is 0 Å². The Balaban J connectivity index is 2.09. The first-order valence-corrected chi connectivity index (χ1v) is 6.67. The maximum Gasteiger partial charge on any atom is 0.329 e. The van der Waals surface area contributed by atoms with Crippen molar-refractivity contribution in [3.8, 4) is 0 Å². The Hall–Kier alpha value is -2.04. The van der Waals surface area contributed by atoms with Crippen molar-refractivity contribution in [3.63, 3.8) is 0 Å². The Bertz CT molecular complexity index is 540. The lowest BCUT2D eigenvalue weighted by molar-refractivity contribution is -0.154. The van der Waals surface area contributed by atoms with Gasteiger partial charge < -0.3 is 14.9 Å². The van der Waals surface area contributed by atoms with Crippen LogP contribution in [0.25, 0.3) is 0 Å². The van der Waals surface area contributed by atoms with Crippen molar-refractivity contribution >= 4 is 17.6 Å². The summed E-state index contributed by atoms with van der Waals surface area (Å²) in [5.74, 6) is -1.19. The number of carbonyl (C=O) groups excluding carboxylic acids is 1. The third kappa shape index (κ3) is 2.48. The highest BCUT2D eigenvalue weighted by atomic mass is 16.4.